The van der Waals surface area contributed by atoms with E-state index in [2.05, 4.69) is 41.5 Å². The molecule has 1 unspecified atom stereocenters. The second-order valence-electron chi connectivity index (χ2n) is 5.15. The first-order valence-corrected chi connectivity index (χ1v) is 8.42. The zero-order chi connectivity index (χ0) is 15.7. The summed E-state index contributed by atoms with van der Waals surface area (Å²) in [5.74, 6) is 0. The lowest BCUT2D eigenvalue weighted by atomic mass is 9.95. The SMILES string of the molecule is Cc1cc(-n2nnnc2S(C)=O)cc(C)c1-c1ccccc1. The Hall–Kier alpha value is -2.34. The molecule has 1 heterocycles. The second kappa shape index (κ2) is 5.81. The maximum absolute atomic E-state index is 11.7. The normalized spacial score (nSPS) is 12.3. The summed E-state index contributed by atoms with van der Waals surface area (Å²) >= 11 is 0. The quantitative estimate of drug-likeness (QED) is 0.746. The highest BCUT2D eigenvalue weighted by molar-refractivity contribution is 7.84. The van der Waals surface area contributed by atoms with Crippen LogP contribution >= 0.6 is 0 Å². The van der Waals surface area contributed by atoms with Gasteiger partial charge >= 0.3 is 0 Å². The minimum Gasteiger partial charge on any atom is -0.251 e. The number of tetrazole rings is 1. The van der Waals surface area contributed by atoms with Gasteiger partial charge in [-0.15, -0.1) is 0 Å². The van der Waals surface area contributed by atoms with E-state index in [1.165, 1.54) is 15.8 Å². The van der Waals surface area contributed by atoms with Crippen molar-refractivity contribution in [2.75, 3.05) is 6.26 Å². The van der Waals surface area contributed by atoms with Crippen LogP contribution in [0, 0.1) is 13.8 Å². The van der Waals surface area contributed by atoms with E-state index in [-0.39, 0.29) is 0 Å². The van der Waals surface area contributed by atoms with Crippen LogP contribution in [0.5, 0.6) is 0 Å². The van der Waals surface area contributed by atoms with E-state index in [0.717, 1.165) is 16.8 Å². The van der Waals surface area contributed by atoms with Gasteiger partial charge in [-0.05, 0) is 58.7 Å². The summed E-state index contributed by atoms with van der Waals surface area (Å²) in [5, 5.41) is 11.8. The average Bonchev–Trinajstić information content (AvgIpc) is 2.97. The first-order valence-electron chi connectivity index (χ1n) is 6.87. The van der Waals surface area contributed by atoms with Gasteiger partial charge in [0.25, 0.3) is 0 Å². The van der Waals surface area contributed by atoms with Crippen LogP contribution in [-0.2, 0) is 10.8 Å². The Labute approximate surface area is 131 Å². The molecule has 0 saturated carbocycles. The Kier molecular flexibility index (Phi) is 3.85. The third-order valence-electron chi connectivity index (χ3n) is 3.52. The lowest BCUT2D eigenvalue weighted by Crippen LogP contribution is -2.05. The van der Waals surface area contributed by atoms with Crippen LogP contribution in [0.15, 0.2) is 47.6 Å². The fraction of sp³-hybridized carbons (Fsp3) is 0.188. The van der Waals surface area contributed by atoms with Crippen LogP contribution in [0.4, 0.5) is 0 Å². The molecule has 112 valence electrons. The predicted molar refractivity (Wildman–Crippen MR) is 86.4 cm³/mol. The lowest BCUT2D eigenvalue weighted by molar-refractivity contribution is 0.670. The summed E-state index contributed by atoms with van der Waals surface area (Å²) in [7, 11) is -1.24. The van der Waals surface area contributed by atoms with Crippen LogP contribution in [0.25, 0.3) is 16.8 Å². The molecular weight excluding hydrogens is 296 g/mol. The summed E-state index contributed by atoms with van der Waals surface area (Å²) in [6.45, 7) is 4.12. The molecule has 0 saturated heterocycles. The van der Waals surface area contributed by atoms with Crippen LogP contribution in [0.1, 0.15) is 11.1 Å². The lowest BCUT2D eigenvalue weighted by Gasteiger charge is -2.13. The average molecular weight is 312 g/mol. The van der Waals surface area contributed by atoms with E-state index in [0.29, 0.717) is 5.16 Å². The van der Waals surface area contributed by atoms with Crippen molar-refractivity contribution in [2.24, 2.45) is 0 Å². The van der Waals surface area contributed by atoms with Gasteiger partial charge in [-0.1, -0.05) is 35.4 Å². The Morgan fingerprint density at radius 1 is 1.05 bits per heavy atom. The number of hydrogen-bond acceptors (Lipinski definition) is 4. The third kappa shape index (κ3) is 2.57. The molecule has 1 atom stereocenters. The molecule has 3 rings (SSSR count). The van der Waals surface area contributed by atoms with Gasteiger partial charge in [0, 0.05) is 6.26 Å². The molecule has 0 N–H and O–H groups in total. The molecule has 6 heteroatoms. The van der Waals surface area contributed by atoms with Gasteiger partial charge in [0.2, 0.25) is 5.16 Å². The van der Waals surface area contributed by atoms with E-state index in [9.17, 15) is 4.21 Å². The molecule has 2 aromatic carbocycles. The highest BCUT2D eigenvalue weighted by Gasteiger charge is 2.14. The van der Waals surface area contributed by atoms with Crippen LogP contribution < -0.4 is 0 Å². The molecular formula is C16H16N4OS. The fourth-order valence-corrected chi connectivity index (χ4v) is 3.18. The molecule has 1 aromatic heterocycles. The van der Waals surface area contributed by atoms with Crippen molar-refractivity contribution in [3.05, 3.63) is 53.6 Å². The molecule has 0 fully saturated rings. The van der Waals surface area contributed by atoms with Crippen molar-refractivity contribution >= 4 is 10.8 Å². The minimum atomic E-state index is -1.24. The topological polar surface area (TPSA) is 60.7 Å². The van der Waals surface area contributed by atoms with Crippen molar-refractivity contribution in [3.8, 4) is 16.8 Å². The van der Waals surface area contributed by atoms with Gasteiger partial charge in [0.15, 0.2) is 0 Å². The van der Waals surface area contributed by atoms with Gasteiger partial charge in [0.05, 0.1) is 16.5 Å². The number of nitrogens with zero attached hydrogens (tertiary/aromatic N) is 4. The van der Waals surface area contributed by atoms with E-state index >= 15 is 0 Å². The van der Waals surface area contributed by atoms with E-state index < -0.39 is 10.8 Å². The van der Waals surface area contributed by atoms with E-state index in [4.69, 9.17) is 0 Å². The van der Waals surface area contributed by atoms with Crippen LogP contribution in [0.3, 0.4) is 0 Å². The van der Waals surface area contributed by atoms with Crippen molar-refractivity contribution < 1.29 is 4.21 Å². The Morgan fingerprint density at radius 3 is 2.27 bits per heavy atom. The molecule has 0 bridgehead atoms. The largest absolute Gasteiger partial charge is 0.251 e. The minimum absolute atomic E-state index is 0.353. The Morgan fingerprint density at radius 2 is 1.68 bits per heavy atom. The monoisotopic (exact) mass is 312 g/mol. The molecule has 22 heavy (non-hydrogen) atoms. The second-order valence-corrected chi connectivity index (χ2v) is 6.42. The summed E-state index contributed by atoms with van der Waals surface area (Å²) < 4.78 is 13.2. The molecule has 0 amide bonds. The van der Waals surface area contributed by atoms with Crippen LogP contribution in [0.2, 0.25) is 0 Å². The summed E-state index contributed by atoms with van der Waals surface area (Å²) in [5.41, 5.74) is 5.47. The number of aryl methyl sites for hydroxylation is 2. The first-order chi connectivity index (χ1) is 10.6. The van der Waals surface area contributed by atoms with Crippen molar-refractivity contribution in [1.29, 1.82) is 0 Å². The zero-order valence-electron chi connectivity index (χ0n) is 12.6. The molecule has 0 radical (unpaired) electrons. The summed E-state index contributed by atoms with van der Waals surface area (Å²) in [4.78, 5) is 0. The van der Waals surface area contributed by atoms with Crippen molar-refractivity contribution in [3.63, 3.8) is 0 Å². The molecule has 0 aliphatic heterocycles. The van der Waals surface area contributed by atoms with Gasteiger partial charge in [-0.3, -0.25) is 4.21 Å². The van der Waals surface area contributed by atoms with Gasteiger partial charge in [0.1, 0.15) is 0 Å². The number of aromatic nitrogens is 4. The maximum Gasteiger partial charge on any atom is 0.244 e. The number of rotatable bonds is 3. The highest BCUT2D eigenvalue weighted by atomic mass is 32.2. The molecule has 0 spiro atoms. The van der Waals surface area contributed by atoms with Crippen LogP contribution in [-0.4, -0.2) is 30.7 Å². The molecule has 5 nitrogen and oxygen atoms in total. The summed E-state index contributed by atoms with van der Waals surface area (Å²) in [6.07, 6.45) is 1.57. The highest BCUT2D eigenvalue weighted by Crippen LogP contribution is 2.29. The molecule has 0 aliphatic rings. The van der Waals surface area contributed by atoms with Gasteiger partial charge in [-0.25, -0.2) is 0 Å². The fourth-order valence-electron chi connectivity index (χ4n) is 2.64. The Bertz CT molecular complexity index is 819. The van der Waals surface area contributed by atoms with E-state index in [1.807, 2.05) is 30.3 Å². The first kappa shape index (κ1) is 14.6. The third-order valence-corrected chi connectivity index (χ3v) is 4.29. The van der Waals surface area contributed by atoms with Crippen molar-refractivity contribution in [2.45, 2.75) is 19.0 Å². The number of hydrogen-bond donors (Lipinski definition) is 0. The Balaban J connectivity index is 2.14. The van der Waals surface area contributed by atoms with E-state index in [1.54, 1.807) is 6.26 Å². The standard InChI is InChI=1S/C16H16N4OS/c1-11-9-14(20-16(22(3)21)17-18-19-20)10-12(2)15(11)13-7-5-4-6-8-13/h4-10H,1-3H3. The summed E-state index contributed by atoms with van der Waals surface area (Å²) in [6, 6.07) is 14.3. The van der Waals surface area contributed by atoms with Gasteiger partial charge in [-0.2, -0.15) is 4.68 Å². The predicted octanol–water partition coefficient (Wildman–Crippen LogP) is 2.68. The number of benzene rings is 2. The van der Waals surface area contributed by atoms with Crippen molar-refractivity contribution in [1.82, 2.24) is 20.2 Å². The molecule has 0 aliphatic carbocycles. The smallest absolute Gasteiger partial charge is 0.244 e. The zero-order valence-corrected chi connectivity index (χ0v) is 13.5. The molecule has 3 aromatic rings. The van der Waals surface area contributed by atoms with Gasteiger partial charge < -0.3 is 0 Å². The maximum atomic E-state index is 11.7.